The summed E-state index contributed by atoms with van der Waals surface area (Å²) in [5, 5.41) is 14.0. The molecule has 0 aliphatic heterocycles. The van der Waals surface area contributed by atoms with Crippen molar-refractivity contribution in [2.45, 2.75) is 44.0 Å². The van der Waals surface area contributed by atoms with E-state index in [1.165, 1.54) is 6.07 Å². The van der Waals surface area contributed by atoms with Gasteiger partial charge in [-0.1, -0.05) is 6.07 Å². The molecule has 1 aliphatic carbocycles. The van der Waals surface area contributed by atoms with Crippen molar-refractivity contribution in [3.05, 3.63) is 39.4 Å². The highest BCUT2D eigenvalue weighted by molar-refractivity contribution is 6.20. The summed E-state index contributed by atoms with van der Waals surface area (Å²) in [6, 6.07) is 4.66. The number of hydrogen-bond donors (Lipinski definition) is 1. The van der Waals surface area contributed by atoms with E-state index in [9.17, 15) is 14.9 Å². The molecule has 108 valence electrons. The number of nitrogens with zero attached hydrogens (tertiary/aromatic N) is 1. The number of halogens is 1. The number of hydrogen-bond acceptors (Lipinski definition) is 3. The lowest BCUT2D eigenvalue weighted by Gasteiger charge is -2.25. The molecule has 2 rings (SSSR count). The van der Waals surface area contributed by atoms with Crippen molar-refractivity contribution >= 4 is 23.2 Å². The van der Waals surface area contributed by atoms with Crippen molar-refractivity contribution in [1.82, 2.24) is 5.32 Å². The summed E-state index contributed by atoms with van der Waals surface area (Å²) in [6.45, 7) is 1.65. The molecule has 0 aromatic heterocycles. The number of nitrogens with one attached hydrogen (secondary N) is 1. The Hall–Kier alpha value is -1.62. The summed E-state index contributed by atoms with van der Waals surface area (Å²) in [5.74, 6) is -0.258. The van der Waals surface area contributed by atoms with Gasteiger partial charge in [0.25, 0.3) is 11.6 Å². The zero-order valence-electron chi connectivity index (χ0n) is 11.3. The molecule has 0 bridgehead atoms. The van der Waals surface area contributed by atoms with Crippen LogP contribution in [0.2, 0.25) is 0 Å². The largest absolute Gasteiger partial charge is 0.349 e. The minimum absolute atomic E-state index is 0.0258. The van der Waals surface area contributed by atoms with Gasteiger partial charge in [0.05, 0.1) is 4.92 Å². The normalized spacial score (nSPS) is 22.3. The Morgan fingerprint density at radius 1 is 1.35 bits per heavy atom. The van der Waals surface area contributed by atoms with Crippen molar-refractivity contribution in [2.24, 2.45) is 0 Å². The van der Waals surface area contributed by atoms with Crippen LogP contribution in [-0.2, 0) is 0 Å². The maximum Gasteiger partial charge on any atom is 0.273 e. The minimum Gasteiger partial charge on any atom is -0.349 e. The molecule has 0 saturated heterocycles. The molecule has 1 aliphatic rings. The zero-order chi connectivity index (χ0) is 14.7. The summed E-state index contributed by atoms with van der Waals surface area (Å²) < 4.78 is 0. The summed E-state index contributed by atoms with van der Waals surface area (Å²) >= 11 is 6.02. The number of amides is 1. The van der Waals surface area contributed by atoms with Crippen LogP contribution in [0.4, 0.5) is 5.69 Å². The standard InChI is InChI=1S/C14H17ClN2O3/c1-9-2-3-10(8-13(9)17(19)20)14(18)16-12-6-4-11(15)5-7-12/h2-3,8,11-12H,4-7H2,1H3,(H,16,18). The van der Waals surface area contributed by atoms with Crippen molar-refractivity contribution in [3.63, 3.8) is 0 Å². The number of rotatable bonds is 3. The average Bonchev–Trinajstić information content (AvgIpc) is 2.41. The van der Waals surface area contributed by atoms with Crippen LogP contribution in [0.15, 0.2) is 18.2 Å². The molecular weight excluding hydrogens is 280 g/mol. The first-order valence-electron chi connectivity index (χ1n) is 6.67. The van der Waals surface area contributed by atoms with Gasteiger partial charge in [0.1, 0.15) is 0 Å². The van der Waals surface area contributed by atoms with Gasteiger partial charge in [0, 0.05) is 28.6 Å². The van der Waals surface area contributed by atoms with E-state index in [2.05, 4.69) is 5.32 Å². The molecule has 0 radical (unpaired) electrons. The SMILES string of the molecule is Cc1ccc(C(=O)NC2CCC(Cl)CC2)cc1[N+](=O)[O-]. The fourth-order valence-electron chi connectivity index (χ4n) is 2.41. The Morgan fingerprint density at radius 3 is 2.60 bits per heavy atom. The average molecular weight is 297 g/mol. The summed E-state index contributed by atoms with van der Waals surface area (Å²) in [4.78, 5) is 22.5. The summed E-state index contributed by atoms with van der Waals surface area (Å²) in [7, 11) is 0. The third-order valence-corrected chi connectivity index (χ3v) is 4.10. The van der Waals surface area contributed by atoms with Crippen LogP contribution >= 0.6 is 11.6 Å². The molecule has 0 heterocycles. The van der Waals surface area contributed by atoms with E-state index in [4.69, 9.17) is 11.6 Å². The minimum atomic E-state index is -0.467. The predicted molar refractivity (Wildman–Crippen MR) is 77.2 cm³/mol. The van der Waals surface area contributed by atoms with Crippen LogP contribution < -0.4 is 5.32 Å². The lowest BCUT2D eigenvalue weighted by molar-refractivity contribution is -0.385. The second kappa shape index (κ2) is 6.22. The highest BCUT2D eigenvalue weighted by atomic mass is 35.5. The second-order valence-electron chi connectivity index (χ2n) is 5.18. The number of carbonyl (C=O) groups excluding carboxylic acids is 1. The van der Waals surface area contributed by atoms with Gasteiger partial charge in [-0.25, -0.2) is 0 Å². The van der Waals surface area contributed by atoms with E-state index in [1.54, 1.807) is 19.1 Å². The maximum atomic E-state index is 12.1. The monoisotopic (exact) mass is 296 g/mol. The third-order valence-electron chi connectivity index (χ3n) is 3.66. The molecular formula is C14H17ClN2O3. The van der Waals surface area contributed by atoms with Crippen LogP contribution in [-0.4, -0.2) is 22.2 Å². The molecule has 5 nitrogen and oxygen atoms in total. The Labute approximate surface area is 122 Å². The maximum absolute atomic E-state index is 12.1. The van der Waals surface area contributed by atoms with Crippen molar-refractivity contribution < 1.29 is 9.72 Å². The van der Waals surface area contributed by atoms with Crippen LogP contribution in [0.3, 0.4) is 0 Å². The molecule has 0 atom stereocenters. The van der Waals surface area contributed by atoms with Gasteiger partial charge in [-0.2, -0.15) is 0 Å². The Bertz CT molecular complexity index is 525. The Kier molecular flexibility index (Phi) is 4.60. The van der Waals surface area contributed by atoms with E-state index in [1.807, 2.05) is 0 Å². The van der Waals surface area contributed by atoms with Crippen LogP contribution in [0.1, 0.15) is 41.6 Å². The molecule has 1 amide bonds. The van der Waals surface area contributed by atoms with Gasteiger partial charge in [-0.15, -0.1) is 11.6 Å². The molecule has 1 saturated carbocycles. The van der Waals surface area contributed by atoms with E-state index < -0.39 is 4.92 Å². The quantitative estimate of drug-likeness (QED) is 0.529. The van der Waals surface area contributed by atoms with Crippen LogP contribution in [0.25, 0.3) is 0 Å². The summed E-state index contributed by atoms with van der Waals surface area (Å²) in [5.41, 5.74) is 0.853. The van der Waals surface area contributed by atoms with Crippen molar-refractivity contribution in [1.29, 1.82) is 0 Å². The van der Waals surface area contributed by atoms with Gasteiger partial charge >= 0.3 is 0 Å². The number of aryl methyl sites for hydroxylation is 1. The van der Waals surface area contributed by atoms with Crippen molar-refractivity contribution in [2.75, 3.05) is 0 Å². The Morgan fingerprint density at radius 2 is 2.00 bits per heavy atom. The van der Waals surface area contributed by atoms with Gasteiger partial charge in [-0.3, -0.25) is 14.9 Å². The van der Waals surface area contributed by atoms with E-state index >= 15 is 0 Å². The molecule has 6 heteroatoms. The smallest absolute Gasteiger partial charge is 0.273 e. The molecule has 20 heavy (non-hydrogen) atoms. The lowest BCUT2D eigenvalue weighted by Crippen LogP contribution is -2.37. The fourth-order valence-corrected chi connectivity index (χ4v) is 2.67. The molecule has 0 spiro atoms. The number of nitro benzene ring substituents is 1. The number of nitro groups is 1. The van der Waals surface area contributed by atoms with Gasteiger partial charge in [0.15, 0.2) is 0 Å². The van der Waals surface area contributed by atoms with Crippen LogP contribution in [0, 0.1) is 17.0 Å². The molecule has 1 fully saturated rings. The van der Waals surface area contributed by atoms with Crippen molar-refractivity contribution in [3.8, 4) is 0 Å². The number of carbonyl (C=O) groups is 1. The van der Waals surface area contributed by atoms with Gasteiger partial charge in [-0.05, 0) is 38.7 Å². The summed E-state index contributed by atoms with van der Waals surface area (Å²) in [6.07, 6.45) is 3.49. The predicted octanol–water partition coefficient (Wildman–Crippen LogP) is 3.18. The van der Waals surface area contributed by atoms with E-state index in [-0.39, 0.29) is 23.0 Å². The lowest BCUT2D eigenvalue weighted by atomic mass is 9.94. The first-order valence-corrected chi connectivity index (χ1v) is 7.11. The molecule has 1 aromatic rings. The van der Waals surface area contributed by atoms with Crippen LogP contribution in [0.5, 0.6) is 0 Å². The van der Waals surface area contributed by atoms with E-state index in [0.29, 0.717) is 11.1 Å². The zero-order valence-corrected chi connectivity index (χ0v) is 12.0. The first kappa shape index (κ1) is 14.8. The highest BCUT2D eigenvalue weighted by Gasteiger charge is 2.22. The molecule has 1 aromatic carbocycles. The highest BCUT2D eigenvalue weighted by Crippen LogP contribution is 2.24. The van der Waals surface area contributed by atoms with Gasteiger partial charge < -0.3 is 5.32 Å². The van der Waals surface area contributed by atoms with Gasteiger partial charge in [0.2, 0.25) is 0 Å². The number of benzene rings is 1. The first-order chi connectivity index (χ1) is 9.47. The number of alkyl halides is 1. The Balaban J connectivity index is 2.06. The second-order valence-corrected chi connectivity index (χ2v) is 5.80. The fraction of sp³-hybridized carbons (Fsp3) is 0.500. The van der Waals surface area contributed by atoms with E-state index in [0.717, 1.165) is 25.7 Å². The molecule has 1 N–H and O–H groups in total. The third kappa shape index (κ3) is 3.48. The topological polar surface area (TPSA) is 72.2 Å². The molecule has 0 unspecified atom stereocenters.